The van der Waals surface area contributed by atoms with Gasteiger partial charge in [-0.05, 0) is 98.2 Å². The molecule has 2 fully saturated rings. The summed E-state index contributed by atoms with van der Waals surface area (Å²) in [6, 6.07) is 13.4. The highest BCUT2D eigenvalue weighted by atomic mass is 32.1. The number of amides is 3. The van der Waals surface area contributed by atoms with Crippen LogP contribution in [0.25, 0.3) is 6.08 Å². The number of nitrogens with one attached hydrogen (secondary N) is 2. The molecule has 1 saturated carbocycles. The number of thiophene rings is 1. The van der Waals surface area contributed by atoms with E-state index in [-0.39, 0.29) is 17.7 Å². The summed E-state index contributed by atoms with van der Waals surface area (Å²) in [6.07, 6.45) is 15.9. The van der Waals surface area contributed by atoms with Crippen molar-refractivity contribution in [2.45, 2.75) is 59.4 Å². The Morgan fingerprint density at radius 1 is 1.00 bits per heavy atom. The Balaban J connectivity index is 0.000000447. The second-order valence-corrected chi connectivity index (χ2v) is 11.7. The van der Waals surface area contributed by atoms with Crippen LogP contribution in [-0.4, -0.2) is 53.3 Å². The van der Waals surface area contributed by atoms with Gasteiger partial charge in [-0.15, -0.1) is 11.3 Å². The fraction of sp³-hybridized carbons (Fsp3) is 0.333. The van der Waals surface area contributed by atoms with Crippen molar-refractivity contribution in [2.24, 2.45) is 0 Å². The zero-order chi connectivity index (χ0) is 32.2. The van der Waals surface area contributed by atoms with Gasteiger partial charge in [-0.3, -0.25) is 19.4 Å². The van der Waals surface area contributed by atoms with Gasteiger partial charge in [-0.2, -0.15) is 0 Å². The maximum Gasteiger partial charge on any atom is 0.274 e. The van der Waals surface area contributed by atoms with E-state index in [1.165, 1.54) is 29.7 Å². The molecule has 9 heteroatoms. The molecule has 236 valence electrons. The molecule has 45 heavy (non-hydrogen) atoms. The van der Waals surface area contributed by atoms with Gasteiger partial charge >= 0.3 is 0 Å². The van der Waals surface area contributed by atoms with Crippen LogP contribution in [0.15, 0.2) is 84.0 Å². The highest BCUT2D eigenvalue weighted by Crippen LogP contribution is 2.28. The summed E-state index contributed by atoms with van der Waals surface area (Å²) >= 11 is 1.69. The Kier molecular flexibility index (Phi) is 12.3. The van der Waals surface area contributed by atoms with Gasteiger partial charge in [-0.1, -0.05) is 32.1 Å². The fourth-order valence-electron chi connectivity index (χ4n) is 4.75. The predicted molar refractivity (Wildman–Crippen MR) is 185 cm³/mol. The first-order valence-corrected chi connectivity index (χ1v) is 16.6. The number of nitrogens with zero attached hydrogens (tertiary/aromatic N) is 3. The predicted octanol–water partition coefficient (Wildman–Crippen LogP) is 7.09. The summed E-state index contributed by atoms with van der Waals surface area (Å²) in [5.41, 5.74) is 4.71. The maximum atomic E-state index is 13.5. The molecule has 3 amide bonds. The molecule has 1 saturated heterocycles. The first kappa shape index (κ1) is 33.4. The minimum atomic E-state index is -0.269. The second kappa shape index (κ2) is 16.5. The molecule has 8 nitrogen and oxygen atoms in total. The van der Waals surface area contributed by atoms with Crippen molar-refractivity contribution in [3.8, 4) is 0 Å². The quantitative estimate of drug-likeness (QED) is 0.274. The molecule has 1 aliphatic carbocycles. The third-order valence-corrected chi connectivity index (χ3v) is 8.27. The molecule has 0 spiro atoms. The lowest BCUT2D eigenvalue weighted by atomic mass is 10.1. The van der Waals surface area contributed by atoms with E-state index in [9.17, 15) is 14.4 Å². The summed E-state index contributed by atoms with van der Waals surface area (Å²) in [5, 5.41) is 7.76. The van der Waals surface area contributed by atoms with Gasteiger partial charge in [0.15, 0.2) is 0 Å². The Labute approximate surface area is 270 Å². The van der Waals surface area contributed by atoms with Crippen LogP contribution in [-0.2, 0) is 11.2 Å². The number of pyridine rings is 1. The molecule has 3 aromatic rings. The van der Waals surface area contributed by atoms with E-state index in [4.69, 9.17) is 0 Å². The number of fused-ring (bicyclic) bond motifs is 1. The number of benzene rings is 1. The smallest absolute Gasteiger partial charge is 0.274 e. The van der Waals surface area contributed by atoms with Crippen LogP contribution < -0.4 is 15.5 Å². The van der Waals surface area contributed by atoms with Crippen molar-refractivity contribution < 1.29 is 14.4 Å². The van der Waals surface area contributed by atoms with E-state index < -0.39 is 0 Å². The Bertz CT molecular complexity index is 1550. The minimum Gasteiger partial charge on any atom is -0.371 e. The van der Waals surface area contributed by atoms with Crippen LogP contribution in [0, 0.1) is 0 Å². The summed E-state index contributed by atoms with van der Waals surface area (Å²) in [6.45, 7) is 10.1. The Morgan fingerprint density at radius 3 is 2.38 bits per heavy atom. The average molecular weight is 626 g/mol. The lowest BCUT2D eigenvalue weighted by Crippen LogP contribution is -2.37. The lowest BCUT2D eigenvalue weighted by Gasteiger charge is -2.33. The van der Waals surface area contributed by atoms with Crippen LogP contribution in [0.3, 0.4) is 0 Å². The van der Waals surface area contributed by atoms with Crippen LogP contribution in [0.5, 0.6) is 0 Å². The SMILES string of the molecule is C/C=C\C=C/C1=Cc2sccc2CCN1C(=O)c1ccc(NC(=O)c2cc(N3CCC3)ccn2)cc1.CC.CC(=O)NC1CC1. The van der Waals surface area contributed by atoms with Crippen molar-refractivity contribution in [1.29, 1.82) is 0 Å². The number of aromatic nitrogens is 1. The number of rotatable bonds is 7. The number of anilines is 2. The van der Waals surface area contributed by atoms with Gasteiger partial charge in [-0.25, -0.2) is 0 Å². The van der Waals surface area contributed by atoms with E-state index in [0.717, 1.165) is 30.9 Å². The van der Waals surface area contributed by atoms with Crippen molar-refractivity contribution >= 4 is 46.5 Å². The Hall–Kier alpha value is -4.50. The van der Waals surface area contributed by atoms with Gasteiger partial charge < -0.3 is 20.4 Å². The average Bonchev–Trinajstić information content (AvgIpc) is 3.76. The number of hydrogen-bond acceptors (Lipinski definition) is 6. The molecule has 3 aliphatic rings. The highest BCUT2D eigenvalue weighted by Gasteiger charge is 2.23. The normalized spacial score (nSPS) is 15.4. The monoisotopic (exact) mass is 625 g/mol. The van der Waals surface area contributed by atoms with Crippen molar-refractivity contribution in [2.75, 3.05) is 29.9 Å². The lowest BCUT2D eigenvalue weighted by molar-refractivity contribution is -0.119. The molecule has 2 aromatic heterocycles. The van der Waals surface area contributed by atoms with Crippen molar-refractivity contribution in [1.82, 2.24) is 15.2 Å². The van der Waals surface area contributed by atoms with Gasteiger partial charge in [0.25, 0.3) is 11.8 Å². The van der Waals surface area contributed by atoms with E-state index in [0.29, 0.717) is 29.5 Å². The third kappa shape index (κ3) is 9.49. The molecule has 1 aromatic carbocycles. The first-order valence-electron chi connectivity index (χ1n) is 15.7. The molecule has 2 aliphatic heterocycles. The minimum absolute atomic E-state index is 0.0664. The molecular formula is C36H43N5O3S. The molecule has 0 radical (unpaired) electrons. The van der Waals surface area contributed by atoms with E-state index in [1.54, 1.807) is 48.7 Å². The van der Waals surface area contributed by atoms with Crippen molar-refractivity contribution in [3.05, 3.63) is 106 Å². The zero-order valence-corrected chi connectivity index (χ0v) is 27.4. The molecule has 6 rings (SSSR count). The summed E-state index contributed by atoms with van der Waals surface area (Å²) in [7, 11) is 0. The van der Waals surface area contributed by atoms with Crippen LogP contribution in [0.2, 0.25) is 0 Å². The number of carbonyl (C=O) groups is 3. The molecule has 0 atom stereocenters. The fourth-order valence-corrected chi connectivity index (χ4v) is 5.64. The zero-order valence-electron chi connectivity index (χ0n) is 26.6. The standard InChI is InChI=1S/C29H28N4O2S.C5H9NO.C2H6/c1-2-3-4-6-25-20-27-21(13-18-36-27)12-17-33(25)29(35)22-7-9-23(10-8-22)31-28(34)26-19-24(11-14-30-26)32-15-5-16-32;1-4(7)6-5-2-3-5;1-2/h2-4,6-11,13-14,18-20H,5,12,15-17H2,1H3,(H,31,34);5H,2-3H2,1H3,(H,6,7);1-2H3/b3-2-,6-4-;;. The Morgan fingerprint density at radius 2 is 1.76 bits per heavy atom. The number of allylic oxidation sites excluding steroid dienone is 4. The van der Waals surface area contributed by atoms with Crippen LogP contribution >= 0.6 is 11.3 Å². The first-order chi connectivity index (χ1) is 21.9. The molecule has 2 N–H and O–H groups in total. The van der Waals surface area contributed by atoms with E-state index >= 15 is 0 Å². The maximum absolute atomic E-state index is 13.5. The number of carbonyl (C=O) groups excluding carboxylic acids is 3. The van der Waals surface area contributed by atoms with Crippen molar-refractivity contribution in [3.63, 3.8) is 0 Å². The number of hydrogen-bond donors (Lipinski definition) is 2. The molecule has 0 unspecified atom stereocenters. The van der Waals surface area contributed by atoms with Gasteiger partial charge in [0.2, 0.25) is 5.91 Å². The summed E-state index contributed by atoms with van der Waals surface area (Å²) in [4.78, 5) is 45.9. The van der Waals surface area contributed by atoms with Crippen LogP contribution in [0.4, 0.5) is 11.4 Å². The largest absolute Gasteiger partial charge is 0.371 e. The van der Waals surface area contributed by atoms with E-state index in [2.05, 4.69) is 38.0 Å². The summed E-state index contributed by atoms with van der Waals surface area (Å²) in [5.74, 6) is -0.236. The molecule has 0 bridgehead atoms. The molecule has 4 heterocycles. The van der Waals surface area contributed by atoms with Gasteiger partial charge in [0.1, 0.15) is 5.69 Å². The summed E-state index contributed by atoms with van der Waals surface area (Å²) < 4.78 is 0. The van der Waals surface area contributed by atoms with Crippen LogP contribution in [0.1, 0.15) is 78.2 Å². The second-order valence-electron chi connectivity index (χ2n) is 10.7. The molecular weight excluding hydrogens is 582 g/mol. The topological polar surface area (TPSA) is 94.6 Å². The van der Waals surface area contributed by atoms with Gasteiger partial charge in [0.05, 0.1) is 0 Å². The third-order valence-electron chi connectivity index (χ3n) is 7.36. The van der Waals surface area contributed by atoms with E-state index in [1.807, 2.05) is 62.1 Å². The van der Waals surface area contributed by atoms with Gasteiger partial charge in [0, 0.05) is 66.3 Å². The highest BCUT2D eigenvalue weighted by molar-refractivity contribution is 7.11.